The molecule has 0 saturated carbocycles. The minimum absolute atomic E-state index is 0.812. The van der Waals surface area contributed by atoms with Gasteiger partial charge in [-0.25, -0.2) is 0 Å². The quantitative estimate of drug-likeness (QED) is 0.109. The van der Waals surface area contributed by atoms with Gasteiger partial charge in [0, 0.05) is 0 Å². The average molecular weight is 815 g/mol. The van der Waals surface area contributed by atoms with Crippen LogP contribution in [0.1, 0.15) is 5.56 Å². The summed E-state index contributed by atoms with van der Waals surface area (Å²) in [6.07, 6.45) is 1.06. The molecule has 0 N–H and O–H groups in total. The number of methoxy groups -OCH3 is 4. The van der Waals surface area contributed by atoms with Crippen molar-refractivity contribution in [2.24, 2.45) is 0 Å². The Labute approximate surface area is 350 Å². The predicted octanol–water partition coefficient (Wildman–Crippen LogP) is 8.99. The normalized spacial score (nSPS) is 11.7. The minimum atomic E-state index is -3.06. The molecule has 0 saturated heterocycles. The summed E-state index contributed by atoms with van der Waals surface area (Å²) < 4.78 is 23.8. The molecule has 8 aromatic carbocycles. The topological polar surface area (TPSA) is 36.9 Å². The van der Waals surface area contributed by atoms with E-state index >= 15 is 0 Å². The zero-order valence-electron chi connectivity index (χ0n) is 34.1. The standard InChI is InChI=1S/C28H29O4P.C25H23P/c1-29-21-13-5-9-17-25(21)33(26-18-10-6-14-22(26)30-2,27-19-11-7-15-23(27)31-3)28-20-12-8-16-24(28)32-4;1-5-13-22(14-6-1)21-26(23-15-7-2-8-16-23,24-17-9-3-10-18-24)25-19-11-4-12-20-25/h5-20,33H,1-4H3;1-20,26H,21H2. The fourth-order valence-corrected chi connectivity index (χ4v) is 18.7. The van der Waals surface area contributed by atoms with E-state index in [9.17, 15) is 0 Å². The van der Waals surface area contributed by atoms with Gasteiger partial charge in [-0.2, -0.15) is 0 Å². The van der Waals surface area contributed by atoms with E-state index in [2.05, 4.69) is 170 Å². The summed E-state index contributed by atoms with van der Waals surface area (Å²) in [5.41, 5.74) is 1.40. The summed E-state index contributed by atoms with van der Waals surface area (Å²) in [4.78, 5) is 0. The number of benzene rings is 8. The van der Waals surface area contributed by atoms with Crippen molar-refractivity contribution < 1.29 is 18.9 Å². The molecule has 0 radical (unpaired) electrons. The van der Waals surface area contributed by atoms with Crippen molar-refractivity contribution in [3.8, 4) is 23.0 Å². The number of hydrogen-bond donors (Lipinski definition) is 0. The van der Waals surface area contributed by atoms with Gasteiger partial charge in [-0.05, 0) is 0 Å². The number of para-hydroxylation sites is 4. The summed E-state index contributed by atoms with van der Waals surface area (Å²) in [5.74, 6) is 3.25. The average Bonchev–Trinajstić information content (AvgIpc) is 3.33. The van der Waals surface area contributed by atoms with Gasteiger partial charge >= 0.3 is 352 Å². The Morgan fingerprint density at radius 3 is 0.797 bits per heavy atom. The van der Waals surface area contributed by atoms with Crippen LogP contribution in [0.15, 0.2) is 218 Å². The molecule has 6 heteroatoms. The van der Waals surface area contributed by atoms with E-state index in [1.165, 1.54) is 21.5 Å². The van der Waals surface area contributed by atoms with Crippen molar-refractivity contribution in [1.82, 2.24) is 0 Å². The molecular weight excluding hydrogens is 763 g/mol. The maximum atomic E-state index is 5.95. The second-order valence-corrected chi connectivity index (χ2v) is 21.8. The molecule has 0 aliphatic carbocycles. The van der Waals surface area contributed by atoms with Crippen molar-refractivity contribution in [1.29, 1.82) is 0 Å². The van der Waals surface area contributed by atoms with E-state index in [4.69, 9.17) is 18.9 Å². The van der Waals surface area contributed by atoms with Crippen molar-refractivity contribution in [3.05, 3.63) is 224 Å². The van der Waals surface area contributed by atoms with Gasteiger partial charge in [-0.15, -0.1) is 0 Å². The van der Waals surface area contributed by atoms with Crippen molar-refractivity contribution in [2.45, 2.75) is 6.16 Å². The SMILES string of the molecule is COc1ccccc1[PH](c1ccccc1OC)(c1ccccc1OC)c1ccccc1OC.c1ccc(C[PH](c2ccccc2)(c2ccccc2)c2ccccc2)cc1. The molecule has 0 amide bonds. The van der Waals surface area contributed by atoms with E-state index in [0.29, 0.717) is 0 Å². The maximum absolute atomic E-state index is 5.95. The van der Waals surface area contributed by atoms with Crippen molar-refractivity contribution >= 4 is 51.7 Å². The molecule has 8 rings (SSSR count). The molecule has 0 aromatic heterocycles. The zero-order chi connectivity index (χ0) is 40.9. The fourth-order valence-electron chi connectivity index (χ4n) is 8.56. The van der Waals surface area contributed by atoms with Gasteiger partial charge in [-0.1, -0.05) is 0 Å². The predicted molar refractivity (Wildman–Crippen MR) is 256 cm³/mol. The number of rotatable bonds is 13. The van der Waals surface area contributed by atoms with E-state index in [1.54, 1.807) is 28.4 Å². The van der Waals surface area contributed by atoms with E-state index in [-0.39, 0.29) is 0 Å². The molecule has 0 spiro atoms. The second kappa shape index (κ2) is 19.5. The van der Waals surface area contributed by atoms with Gasteiger partial charge in [0.25, 0.3) is 0 Å². The first-order valence-electron chi connectivity index (χ1n) is 19.9. The molecule has 0 atom stereocenters. The van der Waals surface area contributed by atoms with E-state index in [1.807, 2.05) is 48.5 Å². The third-order valence-electron chi connectivity index (χ3n) is 11.2. The van der Waals surface area contributed by atoms with Gasteiger partial charge < -0.3 is 0 Å². The first kappa shape index (κ1) is 41.0. The Bertz CT molecular complexity index is 2240. The van der Waals surface area contributed by atoms with Crippen molar-refractivity contribution in [3.63, 3.8) is 0 Å². The first-order chi connectivity index (χ1) is 29.1. The van der Waals surface area contributed by atoms with Crippen LogP contribution in [-0.2, 0) is 6.16 Å². The molecule has 0 fully saturated rings. The van der Waals surface area contributed by atoms with Crippen LogP contribution in [0.3, 0.4) is 0 Å². The molecule has 0 aliphatic rings. The van der Waals surface area contributed by atoms with Crippen LogP contribution >= 0.6 is 14.5 Å². The van der Waals surface area contributed by atoms with Crippen LogP contribution in [0.25, 0.3) is 0 Å². The Morgan fingerprint density at radius 2 is 0.525 bits per heavy atom. The van der Waals surface area contributed by atoms with Crippen LogP contribution < -0.4 is 56.1 Å². The Morgan fingerprint density at radius 1 is 0.288 bits per heavy atom. The van der Waals surface area contributed by atoms with Crippen LogP contribution in [-0.4, -0.2) is 28.4 Å². The Balaban J connectivity index is 0.000000184. The summed E-state index contributed by atoms with van der Waals surface area (Å²) in [6.45, 7) is 0. The van der Waals surface area contributed by atoms with E-state index < -0.39 is 14.5 Å². The Kier molecular flexibility index (Phi) is 13.6. The van der Waals surface area contributed by atoms with Crippen LogP contribution in [0.4, 0.5) is 0 Å². The molecule has 298 valence electrons. The molecule has 0 aliphatic heterocycles. The van der Waals surface area contributed by atoms with Crippen LogP contribution in [0.5, 0.6) is 23.0 Å². The molecule has 59 heavy (non-hydrogen) atoms. The van der Waals surface area contributed by atoms with Gasteiger partial charge in [0.2, 0.25) is 0 Å². The molecule has 8 aromatic rings. The molecule has 4 nitrogen and oxygen atoms in total. The summed E-state index contributed by atoms with van der Waals surface area (Å²) in [7, 11) is 1.63. The van der Waals surface area contributed by atoms with Gasteiger partial charge in [0.1, 0.15) is 0 Å². The molecular formula is C53H52O4P2. The summed E-state index contributed by atoms with van der Waals surface area (Å²) in [6, 6.07) is 77.0. The Hall–Kier alpha value is -6.18. The second-order valence-electron chi connectivity index (χ2n) is 14.2. The van der Waals surface area contributed by atoms with Crippen LogP contribution in [0.2, 0.25) is 0 Å². The van der Waals surface area contributed by atoms with Gasteiger partial charge in [0.15, 0.2) is 0 Å². The monoisotopic (exact) mass is 814 g/mol. The number of hydrogen-bond acceptors (Lipinski definition) is 4. The molecule has 0 bridgehead atoms. The van der Waals surface area contributed by atoms with Crippen LogP contribution in [0, 0.1) is 0 Å². The number of ether oxygens (including phenoxy) is 4. The van der Waals surface area contributed by atoms with E-state index in [0.717, 1.165) is 50.4 Å². The third-order valence-corrected chi connectivity index (χ3v) is 20.9. The first-order valence-corrected chi connectivity index (χ1v) is 24.1. The van der Waals surface area contributed by atoms with Gasteiger partial charge in [0.05, 0.1) is 0 Å². The summed E-state index contributed by atoms with van der Waals surface area (Å²) >= 11 is 0. The molecule has 0 heterocycles. The third kappa shape index (κ3) is 8.26. The summed E-state index contributed by atoms with van der Waals surface area (Å²) in [5, 5.41) is 8.73. The van der Waals surface area contributed by atoms with Crippen molar-refractivity contribution in [2.75, 3.05) is 28.4 Å². The zero-order valence-corrected chi connectivity index (χ0v) is 36.1. The molecule has 0 unspecified atom stereocenters. The van der Waals surface area contributed by atoms with Gasteiger partial charge in [-0.3, -0.25) is 0 Å². The fraction of sp³-hybridized carbons (Fsp3) is 0.0943.